The quantitative estimate of drug-likeness (QED) is 0.887. The maximum Gasteiger partial charge on any atom is 0.0530 e. The molecular weight excluding hydrogens is 230 g/mol. The minimum atomic E-state index is 0.434. The van der Waals surface area contributed by atoms with Crippen LogP contribution in [0.3, 0.4) is 0 Å². The molecule has 1 atom stereocenters. The average Bonchev–Trinajstić information content (AvgIpc) is 2.81. The first-order valence-corrected chi connectivity index (χ1v) is 7.29. The number of nitrogens with one attached hydrogen (secondary N) is 1. The van der Waals surface area contributed by atoms with Gasteiger partial charge in [0.15, 0.2) is 0 Å². The number of nitrogens with zero attached hydrogens (tertiary/aromatic N) is 2. The summed E-state index contributed by atoms with van der Waals surface area (Å²) in [6, 6.07) is 4.95. The van der Waals surface area contributed by atoms with Gasteiger partial charge in [-0.3, -0.25) is 0 Å². The third-order valence-corrected chi connectivity index (χ3v) is 4.75. The Morgan fingerprint density at radius 3 is 2.59 bits per heavy atom. The van der Waals surface area contributed by atoms with E-state index in [4.69, 9.17) is 0 Å². The summed E-state index contributed by atoms with van der Waals surface area (Å²) in [6.07, 6.45) is 1.14. The van der Waals surface area contributed by atoms with Crippen LogP contribution in [0.2, 0.25) is 0 Å². The Labute approximate surface area is 108 Å². The third-order valence-electron chi connectivity index (χ3n) is 3.34. The molecule has 0 aromatic carbocycles. The molecular formula is C13H23N3S. The van der Waals surface area contributed by atoms with Crippen molar-refractivity contribution in [2.45, 2.75) is 26.3 Å². The molecule has 0 aliphatic carbocycles. The highest BCUT2D eigenvalue weighted by molar-refractivity contribution is 7.12. The molecule has 1 N–H and O–H groups in total. The van der Waals surface area contributed by atoms with Gasteiger partial charge in [-0.15, -0.1) is 11.3 Å². The zero-order valence-corrected chi connectivity index (χ0v) is 11.9. The van der Waals surface area contributed by atoms with Gasteiger partial charge >= 0.3 is 0 Å². The second kappa shape index (κ2) is 5.96. The number of thiophene rings is 1. The molecule has 96 valence electrons. The highest BCUT2D eigenvalue weighted by Crippen LogP contribution is 2.23. The zero-order chi connectivity index (χ0) is 12.3. The number of aryl methyl sites for hydroxylation is 1. The molecule has 0 saturated carbocycles. The lowest BCUT2D eigenvalue weighted by Gasteiger charge is -2.34. The highest BCUT2D eigenvalue weighted by Gasteiger charge is 2.16. The van der Waals surface area contributed by atoms with Crippen LogP contribution in [0.4, 0.5) is 0 Å². The maximum atomic E-state index is 3.61. The summed E-state index contributed by atoms with van der Waals surface area (Å²) in [6.45, 7) is 9.02. The fraction of sp³-hybridized carbons (Fsp3) is 0.692. The van der Waals surface area contributed by atoms with Crippen LogP contribution in [0.15, 0.2) is 12.1 Å². The molecule has 1 fully saturated rings. The van der Waals surface area contributed by atoms with Gasteiger partial charge in [0.2, 0.25) is 0 Å². The smallest absolute Gasteiger partial charge is 0.0530 e. The first-order chi connectivity index (χ1) is 8.19. The Balaban J connectivity index is 1.86. The van der Waals surface area contributed by atoms with Crippen molar-refractivity contribution in [1.82, 2.24) is 15.3 Å². The van der Waals surface area contributed by atoms with Gasteiger partial charge in [-0.2, -0.15) is 0 Å². The number of hydrazine groups is 1. The van der Waals surface area contributed by atoms with Gasteiger partial charge in [0, 0.05) is 35.9 Å². The fourth-order valence-corrected chi connectivity index (χ4v) is 3.04. The van der Waals surface area contributed by atoms with Crippen LogP contribution in [-0.4, -0.2) is 43.1 Å². The first-order valence-electron chi connectivity index (χ1n) is 6.47. The monoisotopic (exact) mass is 253 g/mol. The van der Waals surface area contributed by atoms with Crippen LogP contribution in [-0.2, 0) is 6.42 Å². The molecule has 2 rings (SSSR count). The summed E-state index contributed by atoms with van der Waals surface area (Å²) in [5, 5.41) is 2.36. The van der Waals surface area contributed by atoms with E-state index in [9.17, 15) is 0 Å². The molecule has 0 amide bonds. The lowest BCUT2D eigenvalue weighted by molar-refractivity contribution is 0.0905. The summed E-state index contributed by atoms with van der Waals surface area (Å²) < 4.78 is 0. The number of rotatable bonds is 4. The minimum absolute atomic E-state index is 0.434. The van der Waals surface area contributed by atoms with Crippen molar-refractivity contribution in [3.63, 3.8) is 0 Å². The molecule has 0 radical (unpaired) electrons. The van der Waals surface area contributed by atoms with Crippen LogP contribution in [0.1, 0.15) is 29.6 Å². The van der Waals surface area contributed by atoms with E-state index in [-0.39, 0.29) is 0 Å². The first kappa shape index (κ1) is 13.0. The van der Waals surface area contributed by atoms with E-state index in [0.717, 1.165) is 32.6 Å². The Morgan fingerprint density at radius 1 is 1.29 bits per heavy atom. The number of likely N-dealkylation sites (N-methyl/N-ethyl adjacent to an activating group) is 1. The van der Waals surface area contributed by atoms with E-state index >= 15 is 0 Å². The Bertz CT molecular complexity index is 342. The Morgan fingerprint density at radius 2 is 2.00 bits per heavy atom. The number of piperazine rings is 1. The Hall–Kier alpha value is -0.420. The van der Waals surface area contributed by atoms with Crippen LogP contribution < -0.4 is 5.43 Å². The molecule has 1 aromatic heterocycles. The van der Waals surface area contributed by atoms with E-state index in [2.05, 4.69) is 48.4 Å². The van der Waals surface area contributed by atoms with Gasteiger partial charge < -0.3 is 4.90 Å². The van der Waals surface area contributed by atoms with E-state index in [1.54, 1.807) is 0 Å². The molecule has 1 aliphatic heterocycles. The maximum absolute atomic E-state index is 3.61. The minimum Gasteiger partial charge on any atom is -0.304 e. The normalized spacial score (nSPS) is 20.6. The van der Waals surface area contributed by atoms with Gasteiger partial charge in [-0.25, -0.2) is 10.4 Å². The second-order valence-electron chi connectivity index (χ2n) is 4.80. The third kappa shape index (κ3) is 3.52. The number of hydrogen-bond donors (Lipinski definition) is 1. The van der Waals surface area contributed by atoms with Crippen molar-refractivity contribution in [1.29, 1.82) is 0 Å². The average molecular weight is 253 g/mol. The summed E-state index contributed by atoms with van der Waals surface area (Å²) in [4.78, 5) is 5.30. The van der Waals surface area contributed by atoms with Crippen molar-refractivity contribution >= 4 is 11.3 Å². The van der Waals surface area contributed by atoms with Crippen LogP contribution in [0.25, 0.3) is 0 Å². The molecule has 0 spiro atoms. The topological polar surface area (TPSA) is 18.5 Å². The van der Waals surface area contributed by atoms with Gasteiger partial charge in [0.1, 0.15) is 0 Å². The van der Waals surface area contributed by atoms with E-state index in [1.807, 2.05) is 11.3 Å². The fourth-order valence-electron chi connectivity index (χ4n) is 2.09. The molecule has 2 heterocycles. The number of hydrogen-bond acceptors (Lipinski definition) is 4. The summed E-state index contributed by atoms with van der Waals surface area (Å²) in [5.74, 6) is 0. The summed E-state index contributed by atoms with van der Waals surface area (Å²) in [7, 11) is 2.19. The summed E-state index contributed by atoms with van der Waals surface area (Å²) >= 11 is 1.93. The van der Waals surface area contributed by atoms with E-state index in [1.165, 1.54) is 9.75 Å². The zero-order valence-electron chi connectivity index (χ0n) is 11.1. The SMILES string of the molecule is CCc1ccc(C(C)NN2CCN(C)CC2)s1. The Kier molecular flexibility index (Phi) is 4.56. The van der Waals surface area contributed by atoms with Gasteiger partial charge in [0.25, 0.3) is 0 Å². The molecule has 17 heavy (non-hydrogen) atoms. The van der Waals surface area contributed by atoms with Crippen molar-refractivity contribution in [3.8, 4) is 0 Å². The van der Waals surface area contributed by atoms with Gasteiger partial charge in [-0.05, 0) is 32.5 Å². The van der Waals surface area contributed by atoms with Crippen molar-refractivity contribution in [3.05, 3.63) is 21.9 Å². The lowest BCUT2D eigenvalue weighted by Crippen LogP contribution is -2.51. The largest absolute Gasteiger partial charge is 0.304 e. The predicted molar refractivity (Wildman–Crippen MR) is 74.3 cm³/mol. The molecule has 3 nitrogen and oxygen atoms in total. The molecule has 1 aliphatic rings. The standard InChI is InChI=1S/C13H23N3S/c1-4-12-5-6-13(17-12)11(2)14-16-9-7-15(3)8-10-16/h5-6,11,14H,4,7-10H2,1-3H3. The second-order valence-corrected chi connectivity index (χ2v) is 6.00. The lowest BCUT2D eigenvalue weighted by atomic mass is 10.3. The molecule has 1 saturated heterocycles. The molecule has 1 unspecified atom stereocenters. The van der Waals surface area contributed by atoms with Crippen molar-refractivity contribution < 1.29 is 0 Å². The molecule has 0 bridgehead atoms. The molecule has 1 aromatic rings. The van der Waals surface area contributed by atoms with Gasteiger partial charge in [0.05, 0.1) is 6.04 Å². The van der Waals surface area contributed by atoms with Crippen LogP contribution >= 0.6 is 11.3 Å². The van der Waals surface area contributed by atoms with E-state index in [0.29, 0.717) is 6.04 Å². The van der Waals surface area contributed by atoms with Crippen molar-refractivity contribution in [2.24, 2.45) is 0 Å². The highest BCUT2D eigenvalue weighted by atomic mass is 32.1. The summed E-state index contributed by atoms with van der Waals surface area (Å²) in [5.41, 5.74) is 3.61. The predicted octanol–water partition coefficient (Wildman–Crippen LogP) is 2.12. The van der Waals surface area contributed by atoms with E-state index < -0.39 is 0 Å². The van der Waals surface area contributed by atoms with Crippen LogP contribution in [0.5, 0.6) is 0 Å². The van der Waals surface area contributed by atoms with Gasteiger partial charge in [-0.1, -0.05) is 6.92 Å². The van der Waals surface area contributed by atoms with Crippen LogP contribution in [0, 0.1) is 0 Å². The molecule has 4 heteroatoms. The van der Waals surface area contributed by atoms with Crippen molar-refractivity contribution in [2.75, 3.05) is 33.2 Å².